The number of halogens is 3. The molecule has 1 amide bonds. The fraction of sp³-hybridized carbons (Fsp3) is 0.318. The number of hydrogen-bond acceptors (Lipinski definition) is 5. The molecule has 0 atom stereocenters. The molecule has 1 aliphatic heterocycles. The number of nitrogens with zero attached hydrogens (tertiary/aromatic N) is 5. The van der Waals surface area contributed by atoms with E-state index in [1.807, 2.05) is 6.07 Å². The Bertz CT molecular complexity index is 1140. The van der Waals surface area contributed by atoms with E-state index in [-0.39, 0.29) is 22.9 Å². The van der Waals surface area contributed by atoms with Gasteiger partial charge in [0.25, 0.3) is 11.5 Å². The molecule has 3 aromatic heterocycles. The highest BCUT2D eigenvalue weighted by molar-refractivity contribution is 5.94. The van der Waals surface area contributed by atoms with E-state index in [9.17, 15) is 22.8 Å². The number of aromatic nitrogens is 4. The minimum atomic E-state index is -4.54. The van der Waals surface area contributed by atoms with E-state index in [2.05, 4.69) is 15.0 Å². The number of amides is 1. The SMILES string of the molecule is O=C(c1ccc(C(F)(F)F)nc1)N1CCC(Cn2cnc(-c3cccnc3)cc2=O)CC1. The summed E-state index contributed by atoms with van der Waals surface area (Å²) in [5, 5.41) is 0. The first-order valence-corrected chi connectivity index (χ1v) is 10.1. The summed E-state index contributed by atoms with van der Waals surface area (Å²) in [4.78, 5) is 38.4. The Morgan fingerprint density at radius 2 is 1.88 bits per heavy atom. The minimum absolute atomic E-state index is 0.128. The van der Waals surface area contributed by atoms with Gasteiger partial charge in [-0.15, -0.1) is 0 Å². The van der Waals surface area contributed by atoms with Crippen molar-refractivity contribution in [3.63, 3.8) is 0 Å². The molecule has 0 spiro atoms. The first-order valence-electron chi connectivity index (χ1n) is 10.1. The van der Waals surface area contributed by atoms with Gasteiger partial charge in [-0.2, -0.15) is 13.2 Å². The lowest BCUT2D eigenvalue weighted by atomic mass is 9.96. The molecule has 1 aliphatic rings. The molecular formula is C22H20F3N5O2. The monoisotopic (exact) mass is 443 g/mol. The maximum absolute atomic E-state index is 12.6. The zero-order valence-corrected chi connectivity index (χ0v) is 17.0. The van der Waals surface area contributed by atoms with Gasteiger partial charge in [-0.25, -0.2) is 4.98 Å². The third kappa shape index (κ3) is 4.84. The Labute approximate surface area is 181 Å². The van der Waals surface area contributed by atoms with Gasteiger partial charge in [-0.05, 0) is 43.0 Å². The summed E-state index contributed by atoms with van der Waals surface area (Å²) in [6, 6.07) is 7.05. The van der Waals surface area contributed by atoms with Crippen molar-refractivity contribution in [2.45, 2.75) is 25.6 Å². The van der Waals surface area contributed by atoms with Crippen LogP contribution in [0.5, 0.6) is 0 Å². The van der Waals surface area contributed by atoms with Gasteiger partial charge in [0.15, 0.2) is 0 Å². The zero-order chi connectivity index (χ0) is 22.7. The van der Waals surface area contributed by atoms with Gasteiger partial charge in [0.05, 0.1) is 17.6 Å². The number of piperidine rings is 1. The molecule has 166 valence electrons. The van der Waals surface area contributed by atoms with Crippen LogP contribution < -0.4 is 5.56 Å². The van der Waals surface area contributed by atoms with Crippen LogP contribution in [0.25, 0.3) is 11.3 Å². The van der Waals surface area contributed by atoms with Crippen molar-refractivity contribution in [1.29, 1.82) is 0 Å². The van der Waals surface area contributed by atoms with E-state index in [4.69, 9.17) is 0 Å². The summed E-state index contributed by atoms with van der Waals surface area (Å²) in [5.74, 6) is -0.155. The van der Waals surface area contributed by atoms with Gasteiger partial charge in [0.1, 0.15) is 5.69 Å². The van der Waals surface area contributed by atoms with E-state index in [0.29, 0.717) is 38.2 Å². The Kier molecular flexibility index (Phi) is 6.02. The first-order chi connectivity index (χ1) is 15.3. The molecule has 1 fully saturated rings. The molecule has 3 aromatic rings. The molecule has 0 radical (unpaired) electrons. The number of hydrogen-bond donors (Lipinski definition) is 0. The molecule has 7 nitrogen and oxygen atoms in total. The van der Waals surface area contributed by atoms with Crippen LogP contribution in [0.1, 0.15) is 28.9 Å². The van der Waals surface area contributed by atoms with Crippen molar-refractivity contribution in [2.24, 2.45) is 5.92 Å². The van der Waals surface area contributed by atoms with Crippen LogP contribution in [-0.2, 0) is 12.7 Å². The lowest BCUT2D eigenvalue weighted by molar-refractivity contribution is -0.141. The van der Waals surface area contributed by atoms with Gasteiger partial charge in [0.2, 0.25) is 0 Å². The highest BCUT2D eigenvalue weighted by Crippen LogP contribution is 2.27. The van der Waals surface area contributed by atoms with Crippen LogP contribution in [0.2, 0.25) is 0 Å². The molecule has 1 saturated heterocycles. The van der Waals surface area contributed by atoms with E-state index in [1.165, 1.54) is 12.4 Å². The molecule has 32 heavy (non-hydrogen) atoms. The molecule has 0 aromatic carbocycles. The second kappa shape index (κ2) is 8.89. The van der Waals surface area contributed by atoms with Crippen LogP contribution in [0, 0.1) is 5.92 Å². The van der Waals surface area contributed by atoms with Gasteiger partial charge in [-0.3, -0.25) is 24.1 Å². The molecule has 0 N–H and O–H groups in total. The van der Waals surface area contributed by atoms with Crippen molar-refractivity contribution < 1.29 is 18.0 Å². The van der Waals surface area contributed by atoms with Crippen LogP contribution in [0.4, 0.5) is 13.2 Å². The maximum atomic E-state index is 12.6. The van der Waals surface area contributed by atoms with Gasteiger partial charge >= 0.3 is 6.18 Å². The average Bonchev–Trinajstić information content (AvgIpc) is 2.80. The number of likely N-dealkylation sites (tertiary alicyclic amines) is 1. The van der Waals surface area contributed by atoms with E-state index < -0.39 is 11.9 Å². The normalized spacial score (nSPS) is 15.0. The van der Waals surface area contributed by atoms with Crippen molar-refractivity contribution in [2.75, 3.05) is 13.1 Å². The van der Waals surface area contributed by atoms with Gasteiger partial charge in [0, 0.05) is 49.9 Å². The van der Waals surface area contributed by atoms with Crippen LogP contribution in [0.3, 0.4) is 0 Å². The van der Waals surface area contributed by atoms with Crippen molar-refractivity contribution in [1.82, 2.24) is 24.4 Å². The standard InChI is InChI=1S/C22H20F3N5O2/c23-22(24,25)19-4-3-17(12-27-19)21(32)29-8-5-15(6-9-29)13-30-14-28-18(10-20(30)31)16-2-1-7-26-11-16/h1-4,7,10-12,14-15H,5-6,8-9,13H2. The van der Waals surface area contributed by atoms with Crippen LogP contribution in [-0.4, -0.2) is 43.4 Å². The topological polar surface area (TPSA) is 81.0 Å². The fourth-order valence-electron chi connectivity index (χ4n) is 3.70. The Balaban J connectivity index is 1.35. The Morgan fingerprint density at radius 1 is 1.09 bits per heavy atom. The fourth-order valence-corrected chi connectivity index (χ4v) is 3.70. The van der Waals surface area contributed by atoms with Gasteiger partial charge in [-0.1, -0.05) is 0 Å². The lowest BCUT2D eigenvalue weighted by Gasteiger charge is -2.32. The smallest absolute Gasteiger partial charge is 0.339 e. The van der Waals surface area contributed by atoms with Crippen molar-refractivity contribution in [3.8, 4) is 11.3 Å². The molecule has 0 aliphatic carbocycles. The molecular weight excluding hydrogens is 423 g/mol. The van der Waals surface area contributed by atoms with E-state index in [0.717, 1.165) is 23.9 Å². The van der Waals surface area contributed by atoms with Crippen molar-refractivity contribution >= 4 is 5.91 Å². The van der Waals surface area contributed by atoms with E-state index >= 15 is 0 Å². The third-order valence-corrected chi connectivity index (χ3v) is 5.49. The van der Waals surface area contributed by atoms with Gasteiger partial charge < -0.3 is 4.90 Å². The highest BCUT2D eigenvalue weighted by atomic mass is 19.4. The summed E-state index contributed by atoms with van der Waals surface area (Å²) in [6.07, 6.45) is 2.60. The third-order valence-electron chi connectivity index (χ3n) is 5.49. The molecule has 10 heteroatoms. The maximum Gasteiger partial charge on any atom is 0.433 e. The number of rotatable bonds is 4. The molecule has 4 rings (SSSR count). The van der Waals surface area contributed by atoms with E-state index in [1.54, 1.807) is 27.9 Å². The second-order valence-electron chi connectivity index (χ2n) is 7.67. The second-order valence-corrected chi connectivity index (χ2v) is 7.67. The summed E-state index contributed by atoms with van der Waals surface area (Å²) < 4.78 is 39.5. The van der Waals surface area contributed by atoms with Crippen LogP contribution in [0.15, 0.2) is 60.0 Å². The summed E-state index contributed by atoms with van der Waals surface area (Å²) in [6.45, 7) is 1.41. The molecule has 4 heterocycles. The predicted octanol–water partition coefficient (Wildman–Crippen LogP) is 3.27. The quantitative estimate of drug-likeness (QED) is 0.618. The number of pyridine rings is 2. The van der Waals surface area contributed by atoms with Crippen molar-refractivity contribution in [3.05, 3.63) is 76.9 Å². The number of carbonyl (C=O) groups is 1. The summed E-state index contributed by atoms with van der Waals surface area (Å²) in [5.41, 5.74) is 0.267. The lowest BCUT2D eigenvalue weighted by Crippen LogP contribution is -2.40. The highest BCUT2D eigenvalue weighted by Gasteiger charge is 2.32. The average molecular weight is 443 g/mol. The number of carbonyl (C=O) groups excluding carboxylic acids is 1. The Hall–Kier alpha value is -3.56. The Morgan fingerprint density at radius 3 is 2.47 bits per heavy atom. The zero-order valence-electron chi connectivity index (χ0n) is 17.0. The molecule has 0 saturated carbocycles. The minimum Gasteiger partial charge on any atom is -0.339 e. The first kappa shape index (κ1) is 21.7. The molecule has 0 bridgehead atoms. The number of alkyl halides is 3. The summed E-state index contributed by atoms with van der Waals surface area (Å²) in [7, 11) is 0. The largest absolute Gasteiger partial charge is 0.433 e. The summed E-state index contributed by atoms with van der Waals surface area (Å²) >= 11 is 0. The van der Waals surface area contributed by atoms with Crippen LogP contribution >= 0.6 is 0 Å². The predicted molar refractivity (Wildman–Crippen MR) is 110 cm³/mol. The molecule has 0 unspecified atom stereocenters.